The third kappa shape index (κ3) is 7.08. The van der Waals surface area contributed by atoms with Gasteiger partial charge in [-0.05, 0) is 59.5 Å². The molecule has 14 heteroatoms. The Hall–Kier alpha value is -1.94. The summed E-state index contributed by atoms with van der Waals surface area (Å²) in [6.07, 6.45) is 1.70. The zero-order valence-electron chi connectivity index (χ0n) is 25.8. The Morgan fingerprint density at radius 2 is 0.957 bits per heavy atom. The SMILES string of the molecule is CC1CC(COC(=O)c2c(Cl)c(Cl)cc(Cl)c2OC(=O)C(=O)Oc2c(Cl)cc(Cl)c(Cl)c2C(=O)OCC2CC(C)C2(C)C)C1(C)C. The summed E-state index contributed by atoms with van der Waals surface area (Å²) >= 11 is 37.4. The standard InChI is InChI=1S/C32H32Cl6O8/c1-13-7-15(31(13,3)4)11-43-27(39)21-23(37)17(33)9-19(35)25(21)45-29(41)30(42)46-26-20(36)10-18(34)24(38)22(26)28(40)44-12-16-8-14(2)32(16,5)6/h9-10,13-16H,7-8,11-12H2,1-6H3. The van der Waals surface area contributed by atoms with Crippen LogP contribution >= 0.6 is 69.6 Å². The second-order valence-corrected chi connectivity index (χ2v) is 15.4. The predicted molar refractivity (Wildman–Crippen MR) is 177 cm³/mol. The average molecular weight is 757 g/mol. The topological polar surface area (TPSA) is 105 Å². The first-order valence-corrected chi connectivity index (χ1v) is 16.7. The van der Waals surface area contributed by atoms with E-state index in [0.717, 1.165) is 25.0 Å². The number of hydrogen-bond acceptors (Lipinski definition) is 8. The first-order chi connectivity index (χ1) is 21.3. The molecule has 2 aliphatic carbocycles. The van der Waals surface area contributed by atoms with Crippen LogP contribution in [0.4, 0.5) is 0 Å². The summed E-state index contributed by atoms with van der Waals surface area (Å²) in [7, 11) is 0. The fraction of sp³-hybridized carbons (Fsp3) is 0.500. The average Bonchev–Trinajstić information content (AvgIpc) is 2.98. The van der Waals surface area contributed by atoms with Crippen LogP contribution in [-0.4, -0.2) is 37.1 Å². The molecule has 0 spiro atoms. The van der Waals surface area contributed by atoms with Crippen molar-refractivity contribution in [2.24, 2.45) is 34.5 Å². The monoisotopic (exact) mass is 754 g/mol. The van der Waals surface area contributed by atoms with Gasteiger partial charge in [-0.3, -0.25) is 0 Å². The summed E-state index contributed by atoms with van der Waals surface area (Å²) < 4.78 is 21.4. The molecule has 0 saturated heterocycles. The highest BCUT2D eigenvalue weighted by Crippen LogP contribution is 2.52. The number of halogens is 6. The smallest absolute Gasteiger partial charge is 0.423 e. The van der Waals surface area contributed by atoms with Crippen LogP contribution in [-0.2, 0) is 19.1 Å². The van der Waals surface area contributed by atoms with Crippen molar-refractivity contribution in [2.75, 3.05) is 13.2 Å². The summed E-state index contributed by atoms with van der Waals surface area (Å²) in [5.41, 5.74) is -1.04. The molecule has 8 nitrogen and oxygen atoms in total. The van der Waals surface area contributed by atoms with Crippen molar-refractivity contribution < 1.29 is 38.1 Å². The quantitative estimate of drug-likeness (QED) is 0.114. The van der Waals surface area contributed by atoms with Gasteiger partial charge in [0.15, 0.2) is 11.5 Å². The van der Waals surface area contributed by atoms with Crippen LogP contribution in [0.5, 0.6) is 11.5 Å². The number of carbonyl (C=O) groups is 4. The van der Waals surface area contributed by atoms with E-state index in [1.165, 1.54) is 0 Å². The molecule has 2 fully saturated rings. The van der Waals surface area contributed by atoms with Crippen molar-refractivity contribution >= 4 is 93.5 Å². The van der Waals surface area contributed by atoms with E-state index in [9.17, 15) is 19.2 Å². The van der Waals surface area contributed by atoms with E-state index in [4.69, 9.17) is 88.6 Å². The van der Waals surface area contributed by atoms with Gasteiger partial charge in [-0.1, -0.05) is 111 Å². The third-order valence-electron chi connectivity index (χ3n) is 9.97. The molecule has 2 saturated carbocycles. The van der Waals surface area contributed by atoms with Crippen molar-refractivity contribution in [3.05, 3.63) is 53.4 Å². The minimum absolute atomic E-state index is 0.0570. The lowest BCUT2D eigenvalue weighted by Gasteiger charge is -2.50. The lowest BCUT2D eigenvalue weighted by molar-refractivity contribution is -0.156. The normalized spacial score (nSPS) is 22.6. The number of benzene rings is 2. The van der Waals surface area contributed by atoms with Crippen molar-refractivity contribution in [3.8, 4) is 11.5 Å². The molecule has 0 bridgehead atoms. The molecule has 0 heterocycles. The Bertz CT molecular complexity index is 1490. The van der Waals surface area contributed by atoms with Crippen LogP contribution in [0.15, 0.2) is 12.1 Å². The maximum absolute atomic E-state index is 13.2. The second-order valence-electron chi connectivity index (χ2n) is 13.0. The number of carbonyl (C=O) groups excluding carboxylic acids is 4. The molecular weight excluding hydrogens is 725 g/mol. The second kappa shape index (κ2) is 13.9. The highest BCUT2D eigenvalue weighted by molar-refractivity contribution is 6.47. The number of esters is 4. The molecule has 2 aliphatic rings. The molecule has 4 atom stereocenters. The molecule has 2 aromatic rings. The van der Waals surface area contributed by atoms with Gasteiger partial charge >= 0.3 is 23.9 Å². The minimum atomic E-state index is -1.64. The van der Waals surface area contributed by atoms with Gasteiger partial charge in [-0.15, -0.1) is 0 Å². The number of rotatable bonds is 8. The van der Waals surface area contributed by atoms with E-state index in [2.05, 4.69) is 41.5 Å². The first kappa shape index (κ1) is 36.9. The van der Waals surface area contributed by atoms with Gasteiger partial charge in [0.1, 0.15) is 11.1 Å². The summed E-state index contributed by atoms with van der Waals surface area (Å²) in [6.45, 7) is 12.6. The molecule has 250 valence electrons. The summed E-state index contributed by atoms with van der Waals surface area (Å²) in [6, 6.07) is 2.25. The van der Waals surface area contributed by atoms with Gasteiger partial charge in [-0.25, -0.2) is 19.2 Å². The lowest BCUT2D eigenvalue weighted by Crippen LogP contribution is -2.45. The Labute approximate surface area is 297 Å². The summed E-state index contributed by atoms with van der Waals surface area (Å²) in [5, 5.41) is -1.49. The largest absolute Gasteiger partial charge is 0.462 e. The van der Waals surface area contributed by atoms with Gasteiger partial charge in [0.05, 0.1) is 43.3 Å². The van der Waals surface area contributed by atoms with Gasteiger partial charge in [-0.2, -0.15) is 0 Å². The molecule has 0 amide bonds. The molecule has 4 rings (SSSR count). The van der Waals surface area contributed by atoms with E-state index in [1.807, 2.05) is 0 Å². The van der Waals surface area contributed by atoms with E-state index in [-0.39, 0.29) is 66.0 Å². The van der Waals surface area contributed by atoms with Crippen LogP contribution in [0.3, 0.4) is 0 Å². The molecular formula is C32H32Cl6O8. The van der Waals surface area contributed by atoms with Gasteiger partial charge < -0.3 is 18.9 Å². The summed E-state index contributed by atoms with van der Waals surface area (Å²) in [5.74, 6) is -5.35. The summed E-state index contributed by atoms with van der Waals surface area (Å²) in [4.78, 5) is 52.3. The fourth-order valence-corrected chi connectivity index (χ4v) is 7.04. The fourth-order valence-electron chi connectivity index (χ4n) is 5.61. The van der Waals surface area contributed by atoms with Crippen molar-refractivity contribution in [1.82, 2.24) is 0 Å². The highest BCUT2D eigenvalue weighted by Gasteiger charge is 2.47. The van der Waals surface area contributed by atoms with Crippen molar-refractivity contribution in [3.63, 3.8) is 0 Å². The van der Waals surface area contributed by atoms with E-state index < -0.39 is 46.5 Å². The Balaban J connectivity index is 1.54. The Morgan fingerprint density at radius 3 is 1.24 bits per heavy atom. The van der Waals surface area contributed by atoms with Gasteiger partial charge in [0, 0.05) is 0 Å². The molecule has 2 aromatic carbocycles. The molecule has 0 radical (unpaired) electrons. The minimum Gasteiger partial charge on any atom is -0.462 e. The maximum atomic E-state index is 13.2. The Kier molecular flexibility index (Phi) is 11.1. The Morgan fingerprint density at radius 1 is 0.630 bits per heavy atom. The number of hydrogen-bond donors (Lipinski definition) is 0. The molecule has 0 aliphatic heterocycles. The van der Waals surface area contributed by atoms with Crippen LogP contribution < -0.4 is 9.47 Å². The first-order valence-electron chi connectivity index (χ1n) is 14.4. The highest BCUT2D eigenvalue weighted by atomic mass is 35.5. The van der Waals surface area contributed by atoms with E-state index in [0.29, 0.717) is 11.8 Å². The zero-order valence-corrected chi connectivity index (χ0v) is 30.4. The predicted octanol–water partition coefficient (Wildman–Crippen LogP) is 9.80. The van der Waals surface area contributed by atoms with E-state index >= 15 is 0 Å². The van der Waals surface area contributed by atoms with Gasteiger partial charge in [0.25, 0.3) is 0 Å². The van der Waals surface area contributed by atoms with Crippen molar-refractivity contribution in [2.45, 2.75) is 54.4 Å². The van der Waals surface area contributed by atoms with Gasteiger partial charge in [0.2, 0.25) is 0 Å². The van der Waals surface area contributed by atoms with Crippen LogP contribution in [0, 0.1) is 34.5 Å². The zero-order chi connectivity index (χ0) is 34.5. The van der Waals surface area contributed by atoms with Crippen LogP contribution in [0.2, 0.25) is 30.1 Å². The van der Waals surface area contributed by atoms with Crippen LogP contribution in [0.25, 0.3) is 0 Å². The molecule has 0 aromatic heterocycles. The number of ether oxygens (including phenoxy) is 4. The van der Waals surface area contributed by atoms with Crippen molar-refractivity contribution in [1.29, 1.82) is 0 Å². The van der Waals surface area contributed by atoms with Crippen LogP contribution in [0.1, 0.15) is 75.1 Å². The molecule has 0 N–H and O–H groups in total. The maximum Gasteiger partial charge on any atom is 0.423 e. The lowest BCUT2D eigenvalue weighted by atomic mass is 9.56. The molecule has 4 unspecified atom stereocenters. The third-order valence-corrected chi connectivity index (χ3v) is 12.1. The molecule has 46 heavy (non-hydrogen) atoms. The van der Waals surface area contributed by atoms with E-state index in [1.54, 1.807) is 0 Å².